The van der Waals surface area contributed by atoms with Crippen LogP contribution in [0.1, 0.15) is 81.6 Å². The molecule has 1 rings (SSSR count). The molecule has 0 aliphatic heterocycles. The average molecular weight is 371 g/mol. The highest BCUT2D eigenvalue weighted by atomic mass is 16.6. The molecule has 0 saturated heterocycles. The van der Waals surface area contributed by atoms with Gasteiger partial charge in [0.05, 0.1) is 0 Å². The van der Waals surface area contributed by atoms with Crippen LogP contribution in [-0.2, 0) is 9.47 Å². The number of hydrogen-bond acceptors (Lipinski definition) is 4. The molecule has 0 aromatic rings. The molecule has 0 spiro atoms. The van der Waals surface area contributed by atoms with Gasteiger partial charge in [-0.1, -0.05) is 20.8 Å². The molecular weight excluding hydrogens is 332 g/mol. The summed E-state index contributed by atoms with van der Waals surface area (Å²) in [5.41, 5.74) is -1.10. The Morgan fingerprint density at radius 1 is 0.923 bits per heavy atom. The number of carbonyl (C=O) groups is 2. The van der Waals surface area contributed by atoms with Crippen LogP contribution < -0.4 is 10.6 Å². The van der Waals surface area contributed by atoms with Crippen LogP contribution in [0.2, 0.25) is 0 Å². The zero-order chi connectivity index (χ0) is 20.4. The smallest absolute Gasteiger partial charge is 0.407 e. The Labute approximate surface area is 158 Å². The normalized spacial score (nSPS) is 26.0. The number of nitrogens with one attached hydrogen (secondary N) is 2. The van der Waals surface area contributed by atoms with Crippen LogP contribution in [0.4, 0.5) is 9.59 Å². The van der Waals surface area contributed by atoms with Gasteiger partial charge in [0.15, 0.2) is 0 Å². The number of ether oxygens (including phenoxy) is 2. The van der Waals surface area contributed by atoms with Crippen LogP contribution in [0.3, 0.4) is 0 Å². The highest BCUT2D eigenvalue weighted by Gasteiger charge is 2.42. The molecule has 0 unspecified atom stereocenters. The van der Waals surface area contributed by atoms with Crippen molar-refractivity contribution in [2.24, 2.45) is 10.8 Å². The Morgan fingerprint density at radius 2 is 1.42 bits per heavy atom. The summed E-state index contributed by atoms with van der Waals surface area (Å²) in [5, 5.41) is 5.90. The predicted octanol–water partition coefficient (Wildman–Crippen LogP) is 4.62. The molecule has 1 saturated carbocycles. The van der Waals surface area contributed by atoms with E-state index in [0.29, 0.717) is 6.54 Å². The molecule has 0 aromatic carbocycles. The van der Waals surface area contributed by atoms with Crippen LogP contribution in [-0.4, -0.2) is 36.0 Å². The molecule has 6 nitrogen and oxygen atoms in total. The van der Waals surface area contributed by atoms with Crippen LogP contribution in [0.25, 0.3) is 0 Å². The maximum Gasteiger partial charge on any atom is 0.407 e. The first-order chi connectivity index (χ1) is 11.5. The van der Waals surface area contributed by atoms with E-state index in [9.17, 15) is 9.59 Å². The lowest BCUT2D eigenvalue weighted by Gasteiger charge is -2.46. The third kappa shape index (κ3) is 8.77. The van der Waals surface area contributed by atoms with Gasteiger partial charge in [0.25, 0.3) is 0 Å². The summed E-state index contributed by atoms with van der Waals surface area (Å²) in [6.07, 6.45) is 1.84. The van der Waals surface area contributed by atoms with E-state index in [1.165, 1.54) is 0 Å². The first-order valence-corrected chi connectivity index (χ1v) is 9.45. The van der Waals surface area contributed by atoms with E-state index in [-0.39, 0.29) is 23.0 Å². The average Bonchev–Trinajstić information content (AvgIpc) is 2.29. The summed E-state index contributed by atoms with van der Waals surface area (Å²) in [6.45, 7) is 18.2. The third-order valence-electron chi connectivity index (χ3n) is 4.22. The minimum atomic E-state index is -0.518. The van der Waals surface area contributed by atoms with Gasteiger partial charge in [-0.05, 0) is 71.6 Å². The van der Waals surface area contributed by atoms with Crippen molar-refractivity contribution in [3.8, 4) is 0 Å². The molecule has 2 atom stereocenters. The quantitative estimate of drug-likeness (QED) is 0.760. The molecule has 1 aliphatic carbocycles. The maximum atomic E-state index is 12.1. The lowest BCUT2D eigenvalue weighted by atomic mass is 9.62. The van der Waals surface area contributed by atoms with E-state index in [1.54, 1.807) is 0 Å². The summed E-state index contributed by atoms with van der Waals surface area (Å²) in [7, 11) is 0. The van der Waals surface area contributed by atoms with Crippen molar-refractivity contribution in [1.82, 2.24) is 10.6 Å². The minimum Gasteiger partial charge on any atom is -0.444 e. The fraction of sp³-hybridized carbons (Fsp3) is 0.900. The van der Waals surface area contributed by atoms with Gasteiger partial charge in [-0.3, -0.25) is 0 Å². The first-order valence-electron chi connectivity index (χ1n) is 9.45. The number of hydrogen-bond donors (Lipinski definition) is 2. The molecule has 26 heavy (non-hydrogen) atoms. The predicted molar refractivity (Wildman–Crippen MR) is 103 cm³/mol. The Balaban J connectivity index is 2.70. The molecule has 1 aliphatic rings. The van der Waals surface area contributed by atoms with Crippen molar-refractivity contribution in [2.45, 2.75) is 98.8 Å². The molecule has 0 radical (unpaired) electrons. The summed E-state index contributed by atoms with van der Waals surface area (Å²) in [4.78, 5) is 24.1. The van der Waals surface area contributed by atoms with Crippen LogP contribution in [0.15, 0.2) is 0 Å². The Hall–Kier alpha value is -1.46. The molecule has 2 amide bonds. The van der Waals surface area contributed by atoms with E-state index < -0.39 is 17.3 Å². The second-order valence-corrected chi connectivity index (χ2v) is 10.8. The van der Waals surface area contributed by atoms with Gasteiger partial charge >= 0.3 is 12.2 Å². The zero-order valence-electron chi connectivity index (χ0n) is 18.0. The van der Waals surface area contributed by atoms with E-state index in [0.717, 1.165) is 19.3 Å². The lowest BCUT2D eigenvalue weighted by Crippen LogP contribution is -2.51. The van der Waals surface area contributed by atoms with Gasteiger partial charge in [-0.25, -0.2) is 9.59 Å². The van der Waals surface area contributed by atoms with E-state index in [2.05, 4.69) is 31.4 Å². The Morgan fingerprint density at radius 3 is 1.92 bits per heavy atom. The lowest BCUT2D eigenvalue weighted by molar-refractivity contribution is 0.0286. The monoisotopic (exact) mass is 370 g/mol. The molecule has 0 heterocycles. The molecule has 1 fully saturated rings. The van der Waals surface area contributed by atoms with Crippen molar-refractivity contribution < 1.29 is 19.1 Å². The van der Waals surface area contributed by atoms with Crippen LogP contribution >= 0.6 is 0 Å². The summed E-state index contributed by atoms with van der Waals surface area (Å²) >= 11 is 0. The molecular formula is C20H38N2O4. The Bertz CT molecular complexity index is 517. The summed E-state index contributed by atoms with van der Waals surface area (Å²) in [5.74, 6) is 0. The van der Waals surface area contributed by atoms with Crippen molar-refractivity contribution in [1.29, 1.82) is 0 Å². The van der Waals surface area contributed by atoms with E-state index in [4.69, 9.17) is 9.47 Å². The van der Waals surface area contributed by atoms with Crippen molar-refractivity contribution >= 4 is 12.2 Å². The molecule has 152 valence electrons. The highest BCUT2D eigenvalue weighted by molar-refractivity contribution is 5.68. The van der Waals surface area contributed by atoms with Gasteiger partial charge in [0, 0.05) is 12.6 Å². The van der Waals surface area contributed by atoms with Gasteiger partial charge in [-0.15, -0.1) is 0 Å². The van der Waals surface area contributed by atoms with E-state index in [1.807, 2.05) is 41.5 Å². The fourth-order valence-electron chi connectivity index (χ4n) is 3.94. The highest BCUT2D eigenvalue weighted by Crippen LogP contribution is 2.45. The number of amides is 2. The Kier molecular flexibility index (Phi) is 6.64. The standard InChI is InChI=1S/C20H38N2O4/c1-17(2,3)25-15(23)21-13-20(9)11-14(10-19(7,8)12-20)22-16(24)26-18(4,5)6/h14H,10-13H2,1-9H3,(H,21,23)(H,22,24)/t14-,20-/m0/s1. The fourth-order valence-corrected chi connectivity index (χ4v) is 3.94. The summed E-state index contributed by atoms with van der Waals surface area (Å²) < 4.78 is 10.7. The van der Waals surface area contributed by atoms with Crippen molar-refractivity contribution in [3.63, 3.8) is 0 Å². The zero-order valence-corrected chi connectivity index (χ0v) is 18.0. The first kappa shape index (κ1) is 22.6. The van der Waals surface area contributed by atoms with Gasteiger partial charge in [-0.2, -0.15) is 0 Å². The van der Waals surface area contributed by atoms with Gasteiger partial charge < -0.3 is 20.1 Å². The third-order valence-corrected chi connectivity index (χ3v) is 4.22. The van der Waals surface area contributed by atoms with Gasteiger partial charge in [0.1, 0.15) is 11.2 Å². The van der Waals surface area contributed by atoms with Crippen molar-refractivity contribution in [3.05, 3.63) is 0 Å². The molecule has 0 aromatic heterocycles. The van der Waals surface area contributed by atoms with E-state index >= 15 is 0 Å². The van der Waals surface area contributed by atoms with Gasteiger partial charge in [0.2, 0.25) is 0 Å². The maximum absolute atomic E-state index is 12.1. The van der Waals surface area contributed by atoms with Crippen LogP contribution in [0, 0.1) is 10.8 Å². The number of carbonyl (C=O) groups excluding carboxylic acids is 2. The number of alkyl carbamates (subject to hydrolysis) is 2. The molecule has 2 N–H and O–H groups in total. The molecule has 0 bridgehead atoms. The SMILES string of the molecule is CC1(C)C[C@H](NC(=O)OC(C)(C)C)C[C@](C)(CNC(=O)OC(C)(C)C)C1. The van der Waals surface area contributed by atoms with Crippen LogP contribution in [0.5, 0.6) is 0 Å². The minimum absolute atomic E-state index is 0.0130. The molecule has 6 heteroatoms. The second kappa shape index (κ2) is 7.65. The largest absolute Gasteiger partial charge is 0.444 e. The number of rotatable bonds is 3. The second-order valence-electron chi connectivity index (χ2n) is 10.8. The topological polar surface area (TPSA) is 76.7 Å². The summed E-state index contributed by atoms with van der Waals surface area (Å²) in [6, 6.07) is 0.0130. The van der Waals surface area contributed by atoms with Crippen molar-refractivity contribution in [2.75, 3.05) is 6.54 Å².